The zero-order valence-corrected chi connectivity index (χ0v) is 6.07. The third-order valence-electron chi connectivity index (χ3n) is 1.01. The molecule has 3 nitrogen and oxygen atoms in total. The van der Waals surface area contributed by atoms with Crippen LogP contribution in [0.15, 0.2) is 0 Å². The molecule has 1 amide bonds. The van der Waals surface area contributed by atoms with Crippen molar-refractivity contribution < 1.29 is 4.79 Å². The zero-order valence-electron chi connectivity index (χ0n) is 5.26. The Balaban J connectivity index is 0. The van der Waals surface area contributed by atoms with Gasteiger partial charge in [-0.3, -0.25) is 4.79 Å². The molecule has 54 valence electrons. The van der Waals surface area contributed by atoms with Crippen molar-refractivity contribution in [2.75, 3.05) is 0 Å². The number of hydrogen-bond acceptors (Lipinski definition) is 2. The van der Waals surface area contributed by atoms with E-state index in [9.17, 15) is 4.79 Å². The number of rotatable bonds is 3. The van der Waals surface area contributed by atoms with E-state index in [1.807, 2.05) is 6.92 Å². The lowest BCUT2D eigenvalue weighted by molar-refractivity contribution is -0.119. The maximum absolute atomic E-state index is 10.2. The summed E-state index contributed by atoms with van der Waals surface area (Å²) in [6.45, 7) is 1.82. The Morgan fingerprint density at radius 3 is 2.33 bits per heavy atom. The second kappa shape index (κ2) is 5.56. The molecular weight excluding hydrogens is 140 g/mol. The van der Waals surface area contributed by atoms with Gasteiger partial charge in [0.1, 0.15) is 0 Å². The number of halogens is 1. The molecule has 0 aliphatic rings. The molecule has 0 aliphatic carbocycles. The molecule has 4 heteroatoms. The largest absolute Gasteiger partial charge is 0.369 e. The lowest BCUT2D eigenvalue weighted by Crippen LogP contribution is -2.23. The van der Waals surface area contributed by atoms with Gasteiger partial charge in [-0.2, -0.15) is 0 Å². The van der Waals surface area contributed by atoms with Gasteiger partial charge >= 0.3 is 0 Å². The van der Waals surface area contributed by atoms with Crippen LogP contribution in [0.2, 0.25) is 0 Å². The topological polar surface area (TPSA) is 66.9 Å². The van der Waals surface area contributed by atoms with Crippen LogP contribution in [0.4, 0.5) is 0 Å². The molecule has 0 aromatic carbocycles. The first kappa shape index (κ1) is 11.3. The van der Waals surface area contributed by atoms with Gasteiger partial charge in [0.25, 0.3) is 0 Å². The van der Waals surface area contributed by atoms with Crippen LogP contribution < -0.4 is 5.73 Å². The highest BCUT2D eigenvalue weighted by molar-refractivity contribution is 5.91. The zero-order chi connectivity index (χ0) is 6.57. The number of carbonyl (C=O) groups excluding carboxylic acids is 1. The minimum Gasteiger partial charge on any atom is -0.369 e. The van der Waals surface area contributed by atoms with Crippen molar-refractivity contribution in [1.82, 2.24) is 0 Å². The lowest BCUT2D eigenvalue weighted by atomic mass is 10.1. The molecular formula is C5H11ClN2O. The minimum absolute atomic E-state index is 0. The van der Waals surface area contributed by atoms with Crippen molar-refractivity contribution in [3.05, 3.63) is 0 Å². The van der Waals surface area contributed by atoms with Gasteiger partial charge in [-0.25, -0.2) is 0 Å². The first-order valence-electron chi connectivity index (χ1n) is 2.52. The molecule has 3 N–H and O–H groups in total. The maximum Gasteiger partial charge on any atom is 0.225 e. The van der Waals surface area contributed by atoms with Gasteiger partial charge in [0.15, 0.2) is 0 Å². The second-order valence-corrected chi connectivity index (χ2v) is 1.58. The Kier molecular flexibility index (Phi) is 6.96. The standard InChI is InChI=1S/C5H10N2O.ClH/c1-2-4(3-6)5(7)8;/h3-4,6H,2H2,1H3,(H2,7,8);1H. The summed E-state index contributed by atoms with van der Waals surface area (Å²) in [5, 5.41) is 6.66. The predicted molar refractivity (Wildman–Crippen MR) is 39.0 cm³/mol. The molecule has 1 atom stereocenters. The monoisotopic (exact) mass is 150 g/mol. The van der Waals surface area contributed by atoms with E-state index in [4.69, 9.17) is 11.1 Å². The summed E-state index contributed by atoms with van der Waals surface area (Å²) in [6.07, 6.45) is 1.70. The molecule has 0 radical (unpaired) electrons. The molecule has 0 aliphatic heterocycles. The highest BCUT2D eigenvalue weighted by Gasteiger charge is 2.06. The van der Waals surface area contributed by atoms with E-state index >= 15 is 0 Å². The fourth-order valence-corrected chi connectivity index (χ4v) is 0.401. The lowest BCUT2D eigenvalue weighted by Gasteiger charge is -1.99. The van der Waals surface area contributed by atoms with E-state index in [1.54, 1.807) is 0 Å². The van der Waals surface area contributed by atoms with Gasteiger partial charge < -0.3 is 11.1 Å². The molecule has 1 unspecified atom stereocenters. The highest BCUT2D eigenvalue weighted by atomic mass is 35.5. The summed E-state index contributed by atoms with van der Waals surface area (Å²) < 4.78 is 0. The van der Waals surface area contributed by atoms with Crippen LogP contribution in [0.25, 0.3) is 0 Å². The summed E-state index contributed by atoms with van der Waals surface area (Å²) in [4.78, 5) is 10.2. The first-order chi connectivity index (χ1) is 3.72. The van der Waals surface area contributed by atoms with Crippen LogP contribution in [-0.4, -0.2) is 12.1 Å². The van der Waals surface area contributed by atoms with Gasteiger partial charge in [-0.15, -0.1) is 12.4 Å². The number of nitrogens with one attached hydrogen (secondary N) is 1. The van der Waals surface area contributed by atoms with Crippen molar-refractivity contribution in [2.24, 2.45) is 11.7 Å². The fraction of sp³-hybridized carbons (Fsp3) is 0.600. The van der Waals surface area contributed by atoms with Gasteiger partial charge in [0.2, 0.25) is 5.91 Å². The fourth-order valence-electron chi connectivity index (χ4n) is 0.401. The summed E-state index contributed by atoms with van der Waals surface area (Å²) in [6, 6.07) is 0. The molecule has 0 bridgehead atoms. The number of carbonyl (C=O) groups is 1. The van der Waals surface area contributed by atoms with Crippen LogP contribution in [0, 0.1) is 11.3 Å². The van der Waals surface area contributed by atoms with Gasteiger partial charge in [0, 0.05) is 6.21 Å². The van der Waals surface area contributed by atoms with E-state index < -0.39 is 5.91 Å². The van der Waals surface area contributed by atoms with Crippen molar-refractivity contribution in [1.29, 1.82) is 5.41 Å². The normalized spacial score (nSPS) is 11.2. The first-order valence-corrected chi connectivity index (χ1v) is 2.52. The molecule has 0 rings (SSSR count). The maximum atomic E-state index is 10.2. The van der Waals surface area contributed by atoms with E-state index in [0.717, 1.165) is 6.21 Å². The van der Waals surface area contributed by atoms with Crippen molar-refractivity contribution in [3.63, 3.8) is 0 Å². The number of hydrogen-bond donors (Lipinski definition) is 2. The molecule has 0 aromatic heterocycles. The van der Waals surface area contributed by atoms with Gasteiger partial charge in [0.05, 0.1) is 5.92 Å². The minimum atomic E-state index is -0.414. The van der Waals surface area contributed by atoms with Gasteiger partial charge in [-0.1, -0.05) is 6.92 Å². The summed E-state index contributed by atoms with van der Waals surface area (Å²) in [5.41, 5.74) is 4.87. The highest BCUT2D eigenvalue weighted by Crippen LogP contribution is 1.94. The Bertz CT molecular complexity index is 105. The van der Waals surface area contributed by atoms with Crippen LogP contribution in [0.1, 0.15) is 13.3 Å². The Labute approximate surface area is 60.5 Å². The SMILES string of the molecule is CCC(C=N)C(N)=O.Cl. The number of amides is 1. The molecule has 0 aromatic rings. The van der Waals surface area contributed by atoms with Crippen LogP contribution >= 0.6 is 12.4 Å². The average Bonchev–Trinajstić information content (AvgIpc) is 1.69. The van der Waals surface area contributed by atoms with Crippen LogP contribution in [0.5, 0.6) is 0 Å². The Morgan fingerprint density at radius 2 is 2.33 bits per heavy atom. The Hall–Kier alpha value is -0.570. The van der Waals surface area contributed by atoms with Crippen molar-refractivity contribution in [3.8, 4) is 0 Å². The third kappa shape index (κ3) is 3.97. The van der Waals surface area contributed by atoms with Gasteiger partial charge in [-0.05, 0) is 6.42 Å². The van der Waals surface area contributed by atoms with E-state index in [1.165, 1.54) is 0 Å². The number of nitrogens with two attached hydrogens (primary N) is 1. The summed E-state index contributed by atoms with van der Waals surface area (Å²) in [5.74, 6) is -0.780. The van der Waals surface area contributed by atoms with Crippen molar-refractivity contribution in [2.45, 2.75) is 13.3 Å². The molecule has 0 heterocycles. The Morgan fingerprint density at radius 1 is 1.89 bits per heavy atom. The quantitative estimate of drug-likeness (QED) is 0.568. The third-order valence-corrected chi connectivity index (χ3v) is 1.01. The molecule has 9 heavy (non-hydrogen) atoms. The number of primary amides is 1. The molecule has 0 fully saturated rings. The van der Waals surface area contributed by atoms with Crippen LogP contribution in [0.3, 0.4) is 0 Å². The summed E-state index contributed by atoms with van der Waals surface area (Å²) in [7, 11) is 0. The second-order valence-electron chi connectivity index (χ2n) is 1.58. The predicted octanol–water partition coefficient (Wildman–Crippen LogP) is 0.569. The average molecular weight is 151 g/mol. The molecule has 0 saturated carbocycles. The molecule has 0 spiro atoms. The summed E-state index contributed by atoms with van der Waals surface area (Å²) >= 11 is 0. The van der Waals surface area contributed by atoms with Crippen molar-refractivity contribution >= 4 is 24.5 Å². The smallest absolute Gasteiger partial charge is 0.225 e. The van der Waals surface area contributed by atoms with E-state index in [-0.39, 0.29) is 18.3 Å². The van der Waals surface area contributed by atoms with E-state index in [2.05, 4.69) is 0 Å². The molecule has 0 saturated heterocycles. The van der Waals surface area contributed by atoms with Crippen LogP contribution in [-0.2, 0) is 4.79 Å². The van der Waals surface area contributed by atoms with E-state index in [0.29, 0.717) is 6.42 Å².